The van der Waals surface area contributed by atoms with Crippen molar-refractivity contribution in [1.29, 1.82) is 0 Å². The van der Waals surface area contributed by atoms with Gasteiger partial charge < -0.3 is 5.11 Å². The number of hydrogen-bond donors (Lipinski definition) is 3. The third kappa shape index (κ3) is 4.69. The predicted octanol–water partition coefficient (Wildman–Crippen LogP) is 4.23. The van der Waals surface area contributed by atoms with Crippen LogP contribution in [-0.4, -0.2) is 60.6 Å². The van der Waals surface area contributed by atoms with Crippen molar-refractivity contribution in [1.82, 2.24) is 0 Å². The summed E-state index contributed by atoms with van der Waals surface area (Å²) in [7, 11) is -9.45. The molecule has 3 N–H and O–H groups in total. The number of rotatable bonds is 4. The zero-order valence-electron chi connectivity index (χ0n) is 16.5. The Balaban J connectivity index is 0.00000289. The molecule has 32 heavy (non-hydrogen) atoms. The van der Waals surface area contributed by atoms with Crippen molar-refractivity contribution in [3.05, 3.63) is 66.7 Å². The average molecular weight is 481 g/mol. The number of fused-ring (bicyclic) bond motifs is 2. The van der Waals surface area contributed by atoms with Gasteiger partial charge in [-0.2, -0.15) is 16.8 Å². The number of benzene rings is 4. The predicted molar refractivity (Wildman–Crippen MR) is 119 cm³/mol. The third-order valence-electron chi connectivity index (χ3n) is 4.62. The number of phenols is 1. The van der Waals surface area contributed by atoms with E-state index in [4.69, 9.17) is 0 Å². The second kappa shape index (κ2) is 8.87. The Morgan fingerprint density at radius 1 is 0.688 bits per heavy atom. The molecule has 0 saturated heterocycles. The van der Waals surface area contributed by atoms with Crippen LogP contribution in [0.3, 0.4) is 0 Å². The molecule has 4 aromatic carbocycles. The summed E-state index contributed by atoms with van der Waals surface area (Å²) in [5, 5.41) is 20.4. The second-order valence-electron chi connectivity index (χ2n) is 6.60. The Labute approximate surface area is 205 Å². The van der Waals surface area contributed by atoms with E-state index in [2.05, 4.69) is 10.2 Å². The molecule has 0 heterocycles. The molecule has 0 aliphatic carbocycles. The molecule has 0 aliphatic heterocycles. The van der Waals surface area contributed by atoms with Gasteiger partial charge in [-0.05, 0) is 35.0 Å². The van der Waals surface area contributed by atoms with Crippen molar-refractivity contribution in [2.75, 3.05) is 0 Å². The van der Waals surface area contributed by atoms with Gasteiger partial charge >= 0.3 is 0 Å². The summed E-state index contributed by atoms with van der Waals surface area (Å²) in [6.07, 6.45) is 0. The molecule has 9 nitrogen and oxygen atoms in total. The number of phenolic OH excluding ortho intramolecular Hbond substituents is 1. The molecule has 0 saturated carbocycles. The van der Waals surface area contributed by atoms with Crippen molar-refractivity contribution in [3.63, 3.8) is 0 Å². The summed E-state index contributed by atoms with van der Waals surface area (Å²) in [6.45, 7) is 0. The summed E-state index contributed by atoms with van der Waals surface area (Å²) in [6, 6.07) is 16.8. The largest absolute Gasteiger partial charge is 0.504 e. The molecule has 0 amide bonds. The van der Waals surface area contributed by atoms with Crippen LogP contribution in [0.25, 0.3) is 21.5 Å². The van der Waals surface area contributed by atoms with E-state index < -0.39 is 35.8 Å². The fourth-order valence-corrected chi connectivity index (χ4v) is 4.32. The van der Waals surface area contributed by atoms with Gasteiger partial charge in [0, 0.05) is 40.3 Å². The molecule has 0 fully saturated rings. The van der Waals surface area contributed by atoms with E-state index in [9.17, 15) is 31.0 Å². The van der Waals surface area contributed by atoms with Gasteiger partial charge in [0.1, 0.15) is 10.6 Å². The van der Waals surface area contributed by atoms with Crippen molar-refractivity contribution in [2.45, 2.75) is 9.79 Å². The Morgan fingerprint density at radius 2 is 1.38 bits per heavy atom. The average Bonchev–Trinajstić information content (AvgIpc) is 2.71. The van der Waals surface area contributed by atoms with E-state index in [1.54, 1.807) is 12.1 Å². The first-order valence-corrected chi connectivity index (χ1v) is 11.6. The fourth-order valence-electron chi connectivity index (χ4n) is 3.19. The van der Waals surface area contributed by atoms with Crippen LogP contribution in [0.4, 0.5) is 11.4 Å². The molecular formula is C20H14N2NaO7S2. The molecule has 0 aromatic heterocycles. The fraction of sp³-hybridized carbons (Fsp3) is 0. The molecule has 0 spiro atoms. The Kier molecular flexibility index (Phi) is 6.72. The van der Waals surface area contributed by atoms with Gasteiger partial charge in [0.05, 0.1) is 10.6 Å². The zero-order valence-corrected chi connectivity index (χ0v) is 20.2. The SMILES string of the molecule is O=S(=O)(O)c1ccc2c(N=Nc3cccc4ccccc34)c(O)c(S(=O)(=O)O)cc2c1.[Na]. The molecule has 4 aromatic rings. The number of aromatic hydroxyl groups is 1. The summed E-state index contributed by atoms with van der Waals surface area (Å²) in [4.78, 5) is -1.37. The van der Waals surface area contributed by atoms with Crippen molar-refractivity contribution in [2.24, 2.45) is 10.2 Å². The van der Waals surface area contributed by atoms with E-state index in [0.717, 1.165) is 29.0 Å². The minimum atomic E-state index is -4.88. The van der Waals surface area contributed by atoms with Crippen LogP contribution in [-0.2, 0) is 20.2 Å². The molecule has 0 atom stereocenters. The van der Waals surface area contributed by atoms with Gasteiger partial charge in [-0.15, -0.1) is 10.2 Å². The zero-order chi connectivity index (χ0) is 22.4. The van der Waals surface area contributed by atoms with Crippen molar-refractivity contribution >= 4 is 82.7 Å². The quantitative estimate of drug-likeness (QED) is 0.224. The molecule has 159 valence electrons. The van der Waals surface area contributed by atoms with Gasteiger partial charge in [0.2, 0.25) is 0 Å². The van der Waals surface area contributed by atoms with E-state index in [0.29, 0.717) is 5.69 Å². The van der Waals surface area contributed by atoms with Gasteiger partial charge in [0.25, 0.3) is 20.2 Å². The van der Waals surface area contributed by atoms with Crippen LogP contribution in [0.5, 0.6) is 5.75 Å². The minimum Gasteiger partial charge on any atom is -0.504 e. The summed E-state index contributed by atoms with van der Waals surface area (Å²) in [5.74, 6) is -0.849. The topological polar surface area (TPSA) is 154 Å². The monoisotopic (exact) mass is 481 g/mol. The van der Waals surface area contributed by atoms with Crippen molar-refractivity contribution in [3.8, 4) is 5.75 Å². The van der Waals surface area contributed by atoms with Crippen LogP contribution in [0.15, 0.2) is 86.7 Å². The number of hydrogen-bond acceptors (Lipinski definition) is 7. The maximum Gasteiger partial charge on any atom is 0.298 e. The molecule has 1 radical (unpaired) electrons. The van der Waals surface area contributed by atoms with Gasteiger partial charge in [0.15, 0.2) is 5.75 Å². The molecule has 0 aliphatic rings. The standard InChI is InChI=1S/C20H14N2O7S2.Na/c23-20-18(31(27,28)29)11-13-10-14(30(24,25)26)8-9-16(13)19(20)22-21-17-7-3-5-12-4-1-2-6-15(12)17;/h1-11,23H,(H,24,25,26)(H,27,28,29);. The molecule has 0 bridgehead atoms. The Hall–Kier alpha value is -2.38. The summed E-state index contributed by atoms with van der Waals surface area (Å²) >= 11 is 0. The summed E-state index contributed by atoms with van der Waals surface area (Å²) in [5.41, 5.74) is 0.150. The van der Waals surface area contributed by atoms with E-state index >= 15 is 0 Å². The molecule has 4 rings (SSSR count). The first-order chi connectivity index (χ1) is 14.6. The van der Waals surface area contributed by atoms with E-state index in [1.807, 2.05) is 30.3 Å². The van der Waals surface area contributed by atoms with Gasteiger partial charge in [-0.1, -0.05) is 42.5 Å². The Morgan fingerprint density at radius 3 is 2.06 bits per heavy atom. The van der Waals surface area contributed by atoms with Crippen LogP contribution < -0.4 is 0 Å². The van der Waals surface area contributed by atoms with Crippen LogP contribution in [0.2, 0.25) is 0 Å². The first kappa shape index (κ1) is 24.3. The molecule has 0 unspecified atom stereocenters. The number of azo groups is 1. The Bertz CT molecular complexity index is 1600. The maximum absolute atomic E-state index is 11.7. The molecule has 12 heteroatoms. The number of nitrogens with zero attached hydrogens (tertiary/aromatic N) is 2. The first-order valence-electron chi connectivity index (χ1n) is 8.70. The van der Waals surface area contributed by atoms with Crippen LogP contribution in [0.1, 0.15) is 0 Å². The van der Waals surface area contributed by atoms with Crippen LogP contribution >= 0.6 is 0 Å². The van der Waals surface area contributed by atoms with Crippen molar-refractivity contribution < 1.29 is 31.0 Å². The minimum absolute atomic E-state index is 0. The van der Waals surface area contributed by atoms with E-state index in [-0.39, 0.29) is 46.0 Å². The van der Waals surface area contributed by atoms with E-state index in [1.165, 1.54) is 6.07 Å². The van der Waals surface area contributed by atoms with Gasteiger partial charge in [-0.3, -0.25) is 9.11 Å². The molecular weight excluding hydrogens is 467 g/mol. The smallest absolute Gasteiger partial charge is 0.298 e. The second-order valence-corrected chi connectivity index (χ2v) is 9.41. The normalized spacial score (nSPS) is 12.3. The van der Waals surface area contributed by atoms with Crippen LogP contribution in [0, 0.1) is 0 Å². The summed E-state index contributed by atoms with van der Waals surface area (Å²) < 4.78 is 65.1. The van der Waals surface area contributed by atoms with Gasteiger partial charge in [-0.25, -0.2) is 0 Å². The maximum atomic E-state index is 11.7. The third-order valence-corrected chi connectivity index (χ3v) is 6.34.